The summed E-state index contributed by atoms with van der Waals surface area (Å²) in [7, 11) is 1.11. The molecule has 10 nitrogen and oxygen atoms in total. The second kappa shape index (κ2) is 16.5. The van der Waals surface area contributed by atoms with Crippen molar-refractivity contribution in [1.82, 2.24) is 14.8 Å². The minimum atomic E-state index is -0.738. The fraction of sp³-hybridized carbons (Fsp3) is 0.341. The van der Waals surface area contributed by atoms with Crippen LogP contribution in [0.1, 0.15) is 41.5 Å². The van der Waals surface area contributed by atoms with Crippen molar-refractivity contribution < 1.29 is 28.6 Å². The molecule has 0 aliphatic carbocycles. The van der Waals surface area contributed by atoms with Crippen molar-refractivity contribution in [3.8, 4) is 5.75 Å². The summed E-state index contributed by atoms with van der Waals surface area (Å²) < 4.78 is 16.3. The highest BCUT2D eigenvalue weighted by Crippen LogP contribution is 2.32. The molecule has 0 bridgehead atoms. The Balaban J connectivity index is 0.000000231. The molecule has 0 saturated carbocycles. The maximum atomic E-state index is 13.5. The molecule has 2 aliphatic rings. The average Bonchev–Trinajstić information content (AvgIpc) is 3.12. The third-order valence-electron chi connectivity index (χ3n) is 8.15. The van der Waals surface area contributed by atoms with Crippen LogP contribution < -0.4 is 25.7 Å². The molecule has 2 saturated heterocycles. The number of hydrogen-bond acceptors (Lipinski definition) is 6. The highest BCUT2D eigenvalue weighted by Gasteiger charge is 2.46. The Labute approximate surface area is 308 Å². The van der Waals surface area contributed by atoms with E-state index in [1.807, 2.05) is 20.8 Å². The van der Waals surface area contributed by atoms with E-state index in [0.717, 1.165) is 0 Å². The molecule has 1 atom stereocenters. The number of piperazine rings is 1. The van der Waals surface area contributed by atoms with Gasteiger partial charge in [-0.15, -0.1) is 0 Å². The minimum Gasteiger partial charge on any atom is -0.497 e. The first-order chi connectivity index (χ1) is 24.7. The maximum absolute atomic E-state index is 13.5. The number of nitrogens with zero attached hydrogens (tertiary/aromatic N) is 4. The third-order valence-corrected chi connectivity index (χ3v) is 10.6. The SMILES string of the molecule is COc1ccc(N2C(=O)N3CCN(C(=O)OC(C)(C)C)CC3CN2C(=O)OC(C)(C)C)cc1.c1ccc(P(c2ccccc2)c2ccccc2)cc1. The lowest BCUT2D eigenvalue weighted by molar-refractivity contribution is -0.0114. The third kappa shape index (κ3) is 9.82. The second-order valence-corrected chi connectivity index (χ2v) is 16.7. The van der Waals surface area contributed by atoms with E-state index in [4.69, 9.17) is 14.2 Å². The molecule has 11 heteroatoms. The van der Waals surface area contributed by atoms with Crippen LogP contribution in [0, 0.1) is 0 Å². The zero-order chi connectivity index (χ0) is 37.5. The molecule has 2 fully saturated rings. The summed E-state index contributed by atoms with van der Waals surface area (Å²) in [6.45, 7) is 11.8. The van der Waals surface area contributed by atoms with E-state index < -0.39 is 31.3 Å². The summed E-state index contributed by atoms with van der Waals surface area (Å²) >= 11 is 0. The Kier molecular flexibility index (Phi) is 12.1. The van der Waals surface area contributed by atoms with Crippen molar-refractivity contribution in [3.63, 3.8) is 0 Å². The van der Waals surface area contributed by atoms with Crippen molar-refractivity contribution in [2.24, 2.45) is 0 Å². The number of amides is 4. The van der Waals surface area contributed by atoms with Gasteiger partial charge in [0, 0.05) is 19.6 Å². The summed E-state index contributed by atoms with van der Waals surface area (Å²) in [6.07, 6.45) is -1.07. The highest BCUT2D eigenvalue weighted by molar-refractivity contribution is 7.79. The topological polar surface area (TPSA) is 91.9 Å². The summed E-state index contributed by atoms with van der Waals surface area (Å²) in [4.78, 5) is 42.5. The quantitative estimate of drug-likeness (QED) is 0.203. The number of rotatable bonds is 5. The van der Waals surface area contributed by atoms with Gasteiger partial charge in [-0.25, -0.2) is 19.4 Å². The van der Waals surface area contributed by atoms with Gasteiger partial charge in [0.1, 0.15) is 17.0 Å². The van der Waals surface area contributed by atoms with E-state index in [0.29, 0.717) is 24.5 Å². The van der Waals surface area contributed by atoms with Crippen molar-refractivity contribution in [1.29, 1.82) is 0 Å². The Bertz CT molecular complexity index is 1690. The number of hydrazine groups is 1. The number of benzene rings is 4. The number of carbonyl (C=O) groups excluding carboxylic acids is 3. The van der Waals surface area contributed by atoms with Crippen LogP contribution in [0.4, 0.5) is 20.1 Å². The zero-order valence-electron chi connectivity index (χ0n) is 31.1. The summed E-state index contributed by atoms with van der Waals surface area (Å²) in [6, 6.07) is 38.5. The first-order valence-corrected chi connectivity index (χ1v) is 18.8. The van der Waals surface area contributed by atoms with Crippen LogP contribution in [-0.2, 0) is 9.47 Å². The Morgan fingerprint density at radius 3 is 1.54 bits per heavy atom. The maximum Gasteiger partial charge on any atom is 0.429 e. The number of methoxy groups -OCH3 is 1. The van der Waals surface area contributed by atoms with E-state index >= 15 is 0 Å². The number of carbonyl (C=O) groups is 3. The van der Waals surface area contributed by atoms with Crippen molar-refractivity contribution in [3.05, 3.63) is 115 Å². The van der Waals surface area contributed by atoms with Gasteiger partial charge in [0.05, 0.1) is 25.4 Å². The van der Waals surface area contributed by atoms with Gasteiger partial charge in [0.25, 0.3) is 0 Å². The van der Waals surface area contributed by atoms with Crippen LogP contribution in [0.25, 0.3) is 0 Å². The van der Waals surface area contributed by atoms with Gasteiger partial charge in [0.15, 0.2) is 0 Å². The monoisotopic (exact) mass is 724 g/mol. The lowest BCUT2D eigenvalue weighted by Gasteiger charge is -2.50. The van der Waals surface area contributed by atoms with Gasteiger partial charge < -0.3 is 24.0 Å². The Hall–Kier alpha value is -5.08. The van der Waals surface area contributed by atoms with E-state index in [1.54, 1.807) is 61.9 Å². The van der Waals surface area contributed by atoms with E-state index in [-0.39, 0.29) is 25.2 Å². The van der Waals surface area contributed by atoms with Gasteiger partial charge in [0.2, 0.25) is 0 Å². The van der Waals surface area contributed by atoms with Crippen LogP contribution in [0.15, 0.2) is 115 Å². The second-order valence-electron chi connectivity index (χ2n) is 14.5. The Morgan fingerprint density at radius 2 is 1.10 bits per heavy atom. The summed E-state index contributed by atoms with van der Waals surface area (Å²) in [5, 5.41) is 6.82. The number of hydrogen-bond donors (Lipinski definition) is 0. The fourth-order valence-corrected chi connectivity index (χ4v) is 8.19. The van der Waals surface area contributed by atoms with E-state index in [1.165, 1.54) is 25.9 Å². The molecule has 4 aromatic carbocycles. The van der Waals surface area contributed by atoms with Gasteiger partial charge in [-0.3, -0.25) is 0 Å². The number of fused-ring (bicyclic) bond motifs is 1. The standard InChI is InChI=1S/C23H34N4O6.C18H15P/c1-22(2,3)32-20(29)24-12-13-25-17(14-24)15-26(21(30)33-23(4,5)6)27(19(25)28)16-8-10-18(31-7)11-9-16;1-4-10-16(11-5-1)19(17-12-6-2-7-13-17)18-14-8-3-9-15-18/h8-11,17H,12-15H2,1-7H3;1-15H. The van der Waals surface area contributed by atoms with Crippen LogP contribution >= 0.6 is 7.92 Å². The molecule has 4 amide bonds. The van der Waals surface area contributed by atoms with Crippen molar-refractivity contribution in [2.75, 3.05) is 38.3 Å². The largest absolute Gasteiger partial charge is 0.497 e. The molecule has 0 spiro atoms. The van der Waals surface area contributed by atoms with Crippen LogP contribution in [-0.4, -0.2) is 83.6 Å². The fourth-order valence-electron chi connectivity index (χ4n) is 5.88. The zero-order valence-corrected chi connectivity index (χ0v) is 32.0. The van der Waals surface area contributed by atoms with Gasteiger partial charge >= 0.3 is 18.2 Å². The number of anilines is 1. The molecule has 52 heavy (non-hydrogen) atoms. The predicted octanol–water partition coefficient (Wildman–Crippen LogP) is 7.15. The molecule has 0 N–H and O–H groups in total. The first kappa shape index (κ1) is 38.2. The minimum absolute atomic E-state index is 0.173. The normalized spacial score (nSPS) is 16.1. The lowest BCUT2D eigenvalue weighted by atomic mass is 10.1. The number of ether oxygens (including phenoxy) is 3. The van der Waals surface area contributed by atoms with E-state index in [9.17, 15) is 14.4 Å². The van der Waals surface area contributed by atoms with Crippen LogP contribution in [0.3, 0.4) is 0 Å². The molecule has 4 aromatic rings. The lowest BCUT2D eigenvalue weighted by Crippen LogP contribution is -2.71. The van der Waals surface area contributed by atoms with Crippen LogP contribution in [0.5, 0.6) is 5.75 Å². The highest BCUT2D eigenvalue weighted by atomic mass is 31.1. The smallest absolute Gasteiger partial charge is 0.429 e. The first-order valence-electron chi connectivity index (χ1n) is 17.4. The van der Waals surface area contributed by atoms with Crippen molar-refractivity contribution in [2.45, 2.75) is 58.8 Å². The molecule has 0 radical (unpaired) electrons. The van der Waals surface area contributed by atoms with Gasteiger partial charge in [-0.2, -0.15) is 5.01 Å². The van der Waals surface area contributed by atoms with Crippen molar-refractivity contribution >= 4 is 47.7 Å². The molecule has 6 rings (SSSR count). The Morgan fingerprint density at radius 1 is 0.635 bits per heavy atom. The molecule has 0 aromatic heterocycles. The van der Waals surface area contributed by atoms with Gasteiger partial charge in [-0.1, -0.05) is 91.0 Å². The summed E-state index contributed by atoms with van der Waals surface area (Å²) in [5.74, 6) is 0.635. The molecule has 274 valence electrons. The molecule has 2 heterocycles. The molecule has 1 unspecified atom stereocenters. The number of urea groups is 1. The average molecular weight is 725 g/mol. The van der Waals surface area contributed by atoms with E-state index in [2.05, 4.69) is 91.0 Å². The van der Waals surface area contributed by atoms with Crippen LogP contribution in [0.2, 0.25) is 0 Å². The predicted molar refractivity (Wildman–Crippen MR) is 207 cm³/mol. The molecular formula is C41H49N4O6P. The van der Waals surface area contributed by atoms with Gasteiger partial charge in [-0.05, 0) is 89.6 Å². The summed E-state index contributed by atoms with van der Waals surface area (Å²) in [5.41, 5.74) is -0.845. The molecular weight excluding hydrogens is 675 g/mol. The molecule has 2 aliphatic heterocycles.